The monoisotopic (exact) mass is 330 g/mol. The summed E-state index contributed by atoms with van der Waals surface area (Å²) in [6, 6.07) is 0. The van der Waals surface area contributed by atoms with E-state index in [1.54, 1.807) is 0 Å². The van der Waals surface area contributed by atoms with Gasteiger partial charge in [-0.1, -0.05) is 82.9 Å². The molecule has 0 heteroatoms. The van der Waals surface area contributed by atoms with E-state index in [0.29, 0.717) is 0 Å². The van der Waals surface area contributed by atoms with Crippen LogP contribution in [0.5, 0.6) is 0 Å². The van der Waals surface area contributed by atoms with Gasteiger partial charge in [0.15, 0.2) is 0 Å². The van der Waals surface area contributed by atoms with Crippen LogP contribution in [0.25, 0.3) is 0 Å². The minimum absolute atomic E-state index is 0.902. The van der Waals surface area contributed by atoms with Crippen molar-refractivity contribution in [3.05, 3.63) is 24.8 Å². The van der Waals surface area contributed by atoms with E-state index in [2.05, 4.69) is 31.7 Å². The Kier molecular flexibility index (Phi) is 9.85. The zero-order chi connectivity index (χ0) is 17.0. The Morgan fingerprint density at radius 2 is 1.50 bits per heavy atom. The van der Waals surface area contributed by atoms with Gasteiger partial charge < -0.3 is 0 Å². The molecule has 24 heavy (non-hydrogen) atoms. The van der Waals surface area contributed by atoms with Crippen LogP contribution >= 0.6 is 0 Å². The fourth-order valence-electron chi connectivity index (χ4n) is 5.16. The molecule has 2 unspecified atom stereocenters. The lowest BCUT2D eigenvalue weighted by molar-refractivity contribution is 0.237. The van der Waals surface area contributed by atoms with Crippen molar-refractivity contribution in [2.24, 2.45) is 23.7 Å². The third kappa shape index (κ3) is 7.16. The van der Waals surface area contributed by atoms with Gasteiger partial charge in [-0.15, -0.1) is 6.58 Å². The largest absolute Gasteiger partial charge is 0.103 e. The summed E-state index contributed by atoms with van der Waals surface area (Å²) in [7, 11) is 0. The molecule has 2 atom stereocenters. The molecule has 0 aliphatic heterocycles. The Morgan fingerprint density at radius 1 is 0.833 bits per heavy atom. The Balaban J connectivity index is 1.57. The second-order valence-corrected chi connectivity index (χ2v) is 8.58. The van der Waals surface area contributed by atoms with Crippen LogP contribution in [-0.2, 0) is 0 Å². The minimum Gasteiger partial charge on any atom is -0.103 e. The van der Waals surface area contributed by atoms with Crippen LogP contribution < -0.4 is 0 Å². The van der Waals surface area contributed by atoms with E-state index < -0.39 is 0 Å². The van der Waals surface area contributed by atoms with Gasteiger partial charge in [0, 0.05) is 0 Å². The minimum atomic E-state index is 0.902. The predicted molar refractivity (Wildman–Crippen MR) is 108 cm³/mol. The Hall–Kier alpha value is -0.520. The molecule has 0 aromatic heterocycles. The zero-order valence-corrected chi connectivity index (χ0v) is 16.4. The second-order valence-electron chi connectivity index (χ2n) is 8.58. The molecule has 0 heterocycles. The van der Waals surface area contributed by atoms with Crippen LogP contribution in [0.2, 0.25) is 0 Å². The van der Waals surface area contributed by atoms with E-state index in [-0.39, 0.29) is 0 Å². The summed E-state index contributed by atoms with van der Waals surface area (Å²) in [4.78, 5) is 0. The van der Waals surface area contributed by atoms with Gasteiger partial charge in [0.2, 0.25) is 0 Å². The number of allylic oxidation sites excluding steroid dienone is 3. The topological polar surface area (TPSA) is 0 Å². The fourth-order valence-corrected chi connectivity index (χ4v) is 5.16. The number of hydrogen-bond acceptors (Lipinski definition) is 0. The van der Waals surface area contributed by atoms with Crippen LogP contribution in [0.15, 0.2) is 24.8 Å². The molecular weight excluding hydrogens is 288 g/mol. The van der Waals surface area contributed by atoms with E-state index in [0.717, 1.165) is 23.7 Å². The van der Waals surface area contributed by atoms with E-state index >= 15 is 0 Å². The molecule has 0 bridgehead atoms. The Labute approximate surface area is 152 Å². The van der Waals surface area contributed by atoms with Crippen molar-refractivity contribution in [2.45, 2.75) is 103 Å². The van der Waals surface area contributed by atoms with Crippen LogP contribution in [-0.4, -0.2) is 0 Å². The molecule has 0 N–H and O–H groups in total. The quantitative estimate of drug-likeness (QED) is 0.280. The van der Waals surface area contributed by atoms with Gasteiger partial charge in [-0.25, -0.2) is 0 Å². The van der Waals surface area contributed by atoms with Gasteiger partial charge in [-0.2, -0.15) is 0 Å². The van der Waals surface area contributed by atoms with Gasteiger partial charge in [0.25, 0.3) is 0 Å². The maximum atomic E-state index is 3.87. The summed E-state index contributed by atoms with van der Waals surface area (Å²) < 4.78 is 0. The first kappa shape index (κ1) is 19.8. The lowest BCUT2D eigenvalue weighted by Gasteiger charge is -2.30. The lowest BCUT2D eigenvalue weighted by Crippen LogP contribution is -2.18. The maximum absolute atomic E-state index is 3.87. The molecule has 0 saturated heterocycles. The van der Waals surface area contributed by atoms with Crippen molar-refractivity contribution in [1.82, 2.24) is 0 Å². The SMILES string of the molecule is C=CCC[C@H]1CC[C@H](CCCCC2CCCCC2C=CCC)CC1. The average Bonchev–Trinajstić information content (AvgIpc) is 2.63. The van der Waals surface area contributed by atoms with Crippen LogP contribution in [0.3, 0.4) is 0 Å². The van der Waals surface area contributed by atoms with Gasteiger partial charge in [0.05, 0.1) is 0 Å². The first-order valence-electron chi connectivity index (χ1n) is 11.1. The highest BCUT2D eigenvalue weighted by Crippen LogP contribution is 2.37. The van der Waals surface area contributed by atoms with Crippen LogP contribution in [0.1, 0.15) is 103 Å². The van der Waals surface area contributed by atoms with Gasteiger partial charge in [-0.3, -0.25) is 0 Å². The number of unbranched alkanes of at least 4 members (excludes halogenated alkanes) is 1. The smallest absolute Gasteiger partial charge is 0.0205 e. The van der Waals surface area contributed by atoms with Crippen molar-refractivity contribution in [2.75, 3.05) is 0 Å². The summed E-state index contributed by atoms with van der Waals surface area (Å²) in [5, 5.41) is 0. The molecule has 0 radical (unpaired) electrons. The standard InChI is InChI=1S/C24H42/c1-3-5-11-21-17-19-22(20-18-21)12-7-8-14-24-16-10-9-15-23(24)13-6-4-2/h3,6,13,21-24H,1,4-5,7-12,14-20H2,2H3/t21-,22-,23?,24?. The molecule has 0 nitrogen and oxygen atoms in total. The van der Waals surface area contributed by atoms with Gasteiger partial charge in [-0.05, 0) is 62.2 Å². The summed E-state index contributed by atoms with van der Waals surface area (Å²) in [6.45, 7) is 6.13. The van der Waals surface area contributed by atoms with Gasteiger partial charge >= 0.3 is 0 Å². The van der Waals surface area contributed by atoms with E-state index in [1.807, 2.05) is 0 Å². The van der Waals surface area contributed by atoms with E-state index in [9.17, 15) is 0 Å². The Morgan fingerprint density at radius 3 is 2.21 bits per heavy atom. The summed E-state index contributed by atoms with van der Waals surface area (Å²) in [5.74, 6) is 3.95. The first-order chi connectivity index (χ1) is 11.8. The van der Waals surface area contributed by atoms with Crippen molar-refractivity contribution >= 4 is 0 Å². The van der Waals surface area contributed by atoms with E-state index in [4.69, 9.17) is 0 Å². The van der Waals surface area contributed by atoms with Crippen molar-refractivity contribution in [3.63, 3.8) is 0 Å². The molecule has 0 spiro atoms. The Bertz CT molecular complexity index is 345. The second kappa shape index (κ2) is 11.9. The van der Waals surface area contributed by atoms with Crippen molar-refractivity contribution in [3.8, 4) is 0 Å². The highest BCUT2D eigenvalue weighted by molar-refractivity contribution is 4.93. The zero-order valence-electron chi connectivity index (χ0n) is 16.4. The molecule has 2 fully saturated rings. The highest BCUT2D eigenvalue weighted by atomic mass is 14.3. The highest BCUT2D eigenvalue weighted by Gasteiger charge is 2.23. The molecule has 2 aliphatic carbocycles. The molecule has 0 amide bonds. The molecule has 2 saturated carbocycles. The number of hydrogen-bond donors (Lipinski definition) is 0. The summed E-state index contributed by atoms with van der Waals surface area (Å²) in [6.07, 6.45) is 28.7. The average molecular weight is 331 g/mol. The number of rotatable bonds is 10. The molecule has 2 rings (SSSR count). The predicted octanol–water partition coefficient (Wildman–Crippen LogP) is 8.09. The summed E-state index contributed by atoms with van der Waals surface area (Å²) in [5.41, 5.74) is 0. The normalized spacial score (nSPS) is 31.4. The summed E-state index contributed by atoms with van der Waals surface area (Å²) >= 11 is 0. The van der Waals surface area contributed by atoms with Crippen LogP contribution in [0.4, 0.5) is 0 Å². The lowest BCUT2D eigenvalue weighted by atomic mass is 9.75. The van der Waals surface area contributed by atoms with Crippen molar-refractivity contribution < 1.29 is 0 Å². The van der Waals surface area contributed by atoms with Crippen molar-refractivity contribution in [1.29, 1.82) is 0 Å². The fraction of sp³-hybridized carbons (Fsp3) is 0.833. The van der Waals surface area contributed by atoms with E-state index in [1.165, 1.54) is 96.3 Å². The maximum Gasteiger partial charge on any atom is -0.0205 e. The van der Waals surface area contributed by atoms with Gasteiger partial charge in [0.1, 0.15) is 0 Å². The third-order valence-corrected chi connectivity index (χ3v) is 6.77. The molecule has 2 aliphatic rings. The molecule has 0 aromatic rings. The molecular formula is C24H42. The third-order valence-electron chi connectivity index (χ3n) is 6.77. The van der Waals surface area contributed by atoms with Crippen LogP contribution in [0, 0.1) is 23.7 Å². The molecule has 0 aromatic carbocycles. The first-order valence-corrected chi connectivity index (χ1v) is 11.1. The molecule has 138 valence electrons.